The molecule has 0 unspecified atom stereocenters. The molecule has 0 bridgehead atoms. The maximum Gasteiger partial charge on any atom is 0.318 e. The highest BCUT2D eigenvalue weighted by atomic mass is 16.5. The summed E-state index contributed by atoms with van der Waals surface area (Å²) in [4.78, 5) is 22.2. The molecular weight excluding hydrogens is 222 g/mol. The van der Waals surface area contributed by atoms with Crippen LogP contribution in [0.2, 0.25) is 0 Å². The van der Waals surface area contributed by atoms with Crippen molar-refractivity contribution in [3.63, 3.8) is 0 Å². The summed E-state index contributed by atoms with van der Waals surface area (Å²) >= 11 is 0. The van der Waals surface area contributed by atoms with Crippen molar-refractivity contribution in [2.75, 3.05) is 31.4 Å². The fourth-order valence-corrected chi connectivity index (χ4v) is 1.16. The molecule has 0 spiro atoms. The number of carbonyl (C=O) groups is 2. The zero-order valence-corrected chi connectivity index (χ0v) is 9.74. The van der Waals surface area contributed by atoms with Gasteiger partial charge in [-0.05, 0) is 24.3 Å². The van der Waals surface area contributed by atoms with Gasteiger partial charge in [0.1, 0.15) is 6.61 Å². The second-order valence-corrected chi connectivity index (χ2v) is 3.26. The molecule has 17 heavy (non-hydrogen) atoms. The monoisotopic (exact) mass is 237 g/mol. The number of amides is 3. The van der Waals surface area contributed by atoms with Gasteiger partial charge in [0.15, 0.2) is 0 Å². The molecule has 1 aromatic rings. The lowest BCUT2D eigenvalue weighted by Gasteiger charge is -2.07. The lowest BCUT2D eigenvalue weighted by Crippen LogP contribution is -2.24. The minimum atomic E-state index is -0.291. The van der Waals surface area contributed by atoms with Crippen LogP contribution in [-0.2, 0) is 9.53 Å². The molecule has 0 saturated carbocycles. The standard InChI is InChI=1S/C11H15N3O3/c1-12-11(16)14-9-5-3-8(4-6-9)13-10(15)7-17-2/h3-6H,7H2,1-2H3,(H,13,15)(H2,12,14,16). The molecule has 6 heteroatoms. The molecule has 0 radical (unpaired) electrons. The Morgan fingerprint density at radius 1 is 1.12 bits per heavy atom. The second-order valence-electron chi connectivity index (χ2n) is 3.26. The van der Waals surface area contributed by atoms with E-state index in [9.17, 15) is 9.59 Å². The summed E-state index contributed by atoms with van der Waals surface area (Å²) in [7, 11) is 2.99. The Bertz CT molecular complexity index is 389. The zero-order valence-electron chi connectivity index (χ0n) is 9.74. The summed E-state index contributed by atoms with van der Waals surface area (Å²) in [5, 5.41) is 7.70. The van der Waals surface area contributed by atoms with Crippen molar-refractivity contribution in [3.8, 4) is 0 Å². The molecule has 3 amide bonds. The molecule has 0 heterocycles. The van der Waals surface area contributed by atoms with Crippen molar-refractivity contribution in [2.45, 2.75) is 0 Å². The average Bonchev–Trinajstić information content (AvgIpc) is 2.32. The predicted octanol–water partition coefficient (Wildman–Crippen LogP) is 1.02. The van der Waals surface area contributed by atoms with Gasteiger partial charge in [-0.1, -0.05) is 0 Å². The first-order valence-corrected chi connectivity index (χ1v) is 5.03. The third-order valence-corrected chi connectivity index (χ3v) is 1.93. The number of urea groups is 1. The number of hydrogen-bond donors (Lipinski definition) is 3. The molecule has 92 valence electrons. The minimum absolute atomic E-state index is 0.0121. The summed E-state index contributed by atoms with van der Waals surface area (Å²) in [5.74, 6) is -0.223. The first-order chi connectivity index (χ1) is 8.15. The zero-order chi connectivity index (χ0) is 12.7. The fourth-order valence-electron chi connectivity index (χ4n) is 1.16. The van der Waals surface area contributed by atoms with Gasteiger partial charge < -0.3 is 20.7 Å². The Morgan fingerprint density at radius 2 is 1.65 bits per heavy atom. The van der Waals surface area contributed by atoms with Gasteiger partial charge in [0.2, 0.25) is 5.91 Å². The topological polar surface area (TPSA) is 79.5 Å². The average molecular weight is 237 g/mol. The maximum absolute atomic E-state index is 11.2. The van der Waals surface area contributed by atoms with Crippen molar-refractivity contribution in [2.24, 2.45) is 0 Å². The quantitative estimate of drug-likeness (QED) is 0.731. The van der Waals surface area contributed by atoms with Crippen LogP contribution in [0.3, 0.4) is 0 Å². The van der Waals surface area contributed by atoms with E-state index in [1.165, 1.54) is 14.2 Å². The maximum atomic E-state index is 11.2. The first-order valence-electron chi connectivity index (χ1n) is 5.03. The number of nitrogens with one attached hydrogen (secondary N) is 3. The largest absolute Gasteiger partial charge is 0.375 e. The molecule has 0 fully saturated rings. The second kappa shape index (κ2) is 6.49. The van der Waals surface area contributed by atoms with Crippen LogP contribution in [0.1, 0.15) is 0 Å². The molecule has 0 aliphatic carbocycles. The van der Waals surface area contributed by atoms with Crippen molar-refractivity contribution < 1.29 is 14.3 Å². The van der Waals surface area contributed by atoms with Crippen LogP contribution in [0.5, 0.6) is 0 Å². The van der Waals surface area contributed by atoms with Crippen molar-refractivity contribution in [1.82, 2.24) is 5.32 Å². The highest BCUT2D eigenvalue weighted by molar-refractivity contribution is 5.92. The Hall–Kier alpha value is -2.08. The van der Waals surface area contributed by atoms with Gasteiger partial charge in [-0.3, -0.25) is 4.79 Å². The molecule has 0 aliphatic heterocycles. The SMILES string of the molecule is CNC(=O)Nc1ccc(NC(=O)COC)cc1. The van der Waals surface area contributed by atoms with Crippen LogP contribution in [0, 0.1) is 0 Å². The number of hydrogen-bond acceptors (Lipinski definition) is 3. The molecule has 1 rings (SSSR count). The van der Waals surface area contributed by atoms with E-state index in [4.69, 9.17) is 0 Å². The molecular formula is C11H15N3O3. The van der Waals surface area contributed by atoms with Gasteiger partial charge in [-0.15, -0.1) is 0 Å². The van der Waals surface area contributed by atoms with Crippen LogP contribution in [0.15, 0.2) is 24.3 Å². The summed E-state index contributed by atoms with van der Waals surface area (Å²) in [6.07, 6.45) is 0. The van der Waals surface area contributed by atoms with E-state index < -0.39 is 0 Å². The van der Waals surface area contributed by atoms with Crippen LogP contribution < -0.4 is 16.0 Å². The Labute approximate surface area is 99.3 Å². The van der Waals surface area contributed by atoms with E-state index in [-0.39, 0.29) is 18.5 Å². The van der Waals surface area contributed by atoms with E-state index in [0.717, 1.165) is 0 Å². The highest BCUT2D eigenvalue weighted by Gasteiger charge is 2.02. The van der Waals surface area contributed by atoms with Gasteiger partial charge >= 0.3 is 6.03 Å². The Morgan fingerprint density at radius 3 is 2.12 bits per heavy atom. The molecule has 0 aliphatic rings. The highest BCUT2D eigenvalue weighted by Crippen LogP contribution is 2.13. The third kappa shape index (κ3) is 4.52. The van der Waals surface area contributed by atoms with E-state index >= 15 is 0 Å². The molecule has 1 aromatic carbocycles. The molecule has 3 N–H and O–H groups in total. The van der Waals surface area contributed by atoms with Crippen molar-refractivity contribution in [1.29, 1.82) is 0 Å². The number of benzene rings is 1. The normalized spacial score (nSPS) is 9.53. The third-order valence-electron chi connectivity index (χ3n) is 1.93. The van der Waals surface area contributed by atoms with E-state index in [1.807, 2.05) is 0 Å². The number of carbonyl (C=O) groups excluding carboxylic acids is 2. The lowest BCUT2D eigenvalue weighted by atomic mass is 10.3. The van der Waals surface area contributed by atoms with E-state index in [0.29, 0.717) is 11.4 Å². The summed E-state index contributed by atoms with van der Waals surface area (Å²) in [6, 6.07) is 6.48. The molecule has 0 saturated heterocycles. The fraction of sp³-hybridized carbons (Fsp3) is 0.273. The van der Waals surface area contributed by atoms with Gasteiger partial charge in [0.25, 0.3) is 0 Å². The first kappa shape index (κ1) is 13.0. The molecule has 0 atom stereocenters. The van der Waals surface area contributed by atoms with Crippen molar-refractivity contribution in [3.05, 3.63) is 24.3 Å². The molecule has 0 aromatic heterocycles. The number of rotatable bonds is 4. The predicted molar refractivity (Wildman–Crippen MR) is 65.0 cm³/mol. The number of methoxy groups -OCH3 is 1. The summed E-state index contributed by atoms with van der Waals surface area (Å²) in [6.45, 7) is 0.0121. The minimum Gasteiger partial charge on any atom is -0.375 e. The van der Waals surface area contributed by atoms with Gasteiger partial charge in [-0.2, -0.15) is 0 Å². The van der Waals surface area contributed by atoms with E-state index in [2.05, 4.69) is 20.7 Å². The summed E-state index contributed by atoms with van der Waals surface area (Å²) in [5.41, 5.74) is 1.29. The number of ether oxygens (including phenoxy) is 1. The smallest absolute Gasteiger partial charge is 0.318 e. The van der Waals surface area contributed by atoms with E-state index in [1.54, 1.807) is 24.3 Å². The van der Waals surface area contributed by atoms with Gasteiger partial charge in [0, 0.05) is 25.5 Å². The Balaban J connectivity index is 2.55. The van der Waals surface area contributed by atoms with Crippen molar-refractivity contribution >= 4 is 23.3 Å². The number of anilines is 2. The lowest BCUT2D eigenvalue weighted by molar-refractivity contribution is -0.119. The van der Waals surface area contributed by atoms with Crippen LogP contribution >= 0.6 is 0 Å². The van der Waals surface area contributed by atoms with Crippen LogP contribution in [-0.4, -0.2) is 32.7 Å². The Kier molecular flexibility index (Phi) is 4.96. The summed E-state index contributed by atoms with van der Waals surface area (Å²) < 4.78 is 4.69. The van der Waals surface area contributed by atoms with Crippen LogP contribution in [0.4, 0.5) is 16.2 Å². The van der Waals surface area contributed by atoms with Gasteiger partial charge in [0.05, 0.1) is 0 Å². The van der Waals surface area contributed by atoms with Crippen LogP contribution in [0.25, 0.3) is 0 Å². The van der Waals surface area contributed by atoms with Gasteiger partial charge in [-0.25, -0.2) is 4.79 Å². The molecule has 6 nitrogen and oxygen atoms in total.